The number of rotatable bonds is 6. The van der Waals surface area contributed by atoms with Gasteiger partial charge in [-0.15, -0.1) is 0 Å². The fourth-order valence-electron chi connectivity index (χ4n) is 1.73. The molecule has 6 nitrogen and oxygen atoms in total. The summed E-state index contributed by atoms with van der Waals surface area (Å²) < 4.78 is 22.3. The van der Waals surface area contributed by atoms with E-state index in [-0.39, 0.29) is 11.7 Å². The lowest BCUT2D eigenvalue weighted by Gasteiger charge is -2.24. The van der Waals surface area contributed by atoms with Crippen molar-refractivity contribution in [3.63, 3.8) is 0 Å². The zero-order chi connectivity index (χ0) is 16.2. The fourth-order valence-corrected chi connectivity index (χ4v) is 2.35. The van der Waals surface area contributed by atoms with Gasteiger partial charge in [-0.05, 0) is 38.6 Å². The molecule has 0 aromatic heterocycles. The van der Waals surface area contributed by atoms with Crippen LogP contribution in [0.15, 0.2) is 18.2 Å². The molecule has 1 atom stereocenters. The SMILES string of the molecule is Cc1c(N)cccc1NC(=O)C(C)N(C)CCS(C)(=O)=O. The number of carbonyl (C=O) groups is 1. The summed E-state index contributed by atoms with van der Waals surface area (Å²) in [5.41, 5.74) is 7.90. The lowest BCUT2D eigenvalue weighted by atomic mass is 10.1. The molecule has 0 saturated heterocycles. The molecule has 0 aliphatic rings. The Bertz CT molecular complexity index is 614. The number of amides is 1. The molecule has 0 saturated carbocycles. The molecule has 1 aromatic carbocycles. The summed E-state index contributed by atoms with van der Waals surface area (Å²) in [7, 11) is -1.32. The summed E-state index contributed by atoms with van der Waals surface area (Å²) >= 11 is 0. The topological polar surface area (TPSA) is 92.5 Å². The van der Waals surface area contributed by atoms with Crippen molar-refractivity contribution in [3.05, 3.63) is 23.8 Å². The van der Waals surface area contributed by atoms with Crippen LogP contribution in [0.2, 0.25) is 0 Å². The van der Waals surface area contributed by atoms with Crippen LogP contribution in [0.5, 0.6) is 0 Å². The molecule has 21 heavy (non-hydrogen) atoms. The van der Waals surface area contributed by atoms with Crippen LogP contribution in [-0.2, 0) is 14.6 Å². The van der Waals surface area contributed by atoms with Gasteiger partial charge in [-0.25, -0.2) is 8.42 Å². The maximum absolute atomic E-state index is 12.2. The van der Waals surface area contributed by atoms with E-state index in [2.05, 4.69) is 5.32 Å². The van der Waals surface area contributed by atoms with Gasteiger partial charge in [0.05, 0.1) is 11.8 Å². The fraction of sp³-hybridized carbons (Fsp3) is 0.500. The van der Waals surface area contributed by atoms with Gasteiger partial charge in [0, 0.05) is 24.2 Å². The van der Waals surface area contributed by atoms with E-state index < -0.39 is 15.9 Å². The summed E-state index contributed by atoms with van der Waals surface area (Å²) in [5, 5.41) is 2.82. The highest BCUT2D eigenvalue weighted by atomic mass is 32.2. The van der Waals surface area contributed by atoms with Gasteiger partial charge in [-0.2, -0.15) is 0 Å². The number of anilines is 2. The summed E-state index contributed by atoms with van der Waals surface area (Å²) in [5.74, 6) is -0.168. The Morgan fingerprint density at radius 2 is 2.05 bits per heavy atom. The van der Waals surface area contributed by atoms with Crippen molar-refractivity contribution in [2.45, 2.75) is 19.9 Å². The molecular weight excluding hydrogens is 290 g/mol. The van der Waals surface area contributed by atoms with E-state index in [4.69, 9.17) is 5.73 Å². The van der Waals surface area contributed by atoms with Gasteiger partial charge in [-0.1, -0.05) is 6.07 Å². The number of nitrogens with two attached hydrogens (primary N) is 1. The Morgan fingerprint density at radius 1 is 1.43 bits per heavy atom. The molecule has 0 aliphatic heterocycles. The molecule has 0 fully saturated rings. The number of benzene rings is 1. The van der Waals surface area contributed by atoms with Crippen LogP contribution in [0.1, 0.15) is 12.5 Å². The molecule has 0 spiro atoms. The maximum Gasteiger partial charge on any atom is 0.241 e. The Labute approximate surface area is 126 Å². The summed E-state index contributed by atoms with van der Waals surface area (Å²) in [6.07, 6.45) is 1.18. The normalized spacial score (nSPS) is 13.2. The molecule has 7 heteroatoms. The standard InChI is InChI=1S/C14H23N3O3S/c1-10-12(15)6-5-7-13(10)16-14(18)11(2)17(3)8-9-21(4,19)20/h5-7,11H,8-9,15H2,1-4H3,(H,16,18). The van der Waals surface area contributed by atoms with Crippen molar-refractivity contribution < 1.29 is 13.2 Å². The second-order valence-corrected chi connectivity index (χ2v) is 7.56. The number of carbonyl (C=O) groups excluding carboxylic acids is 1. The predicted octanol–water partition coefficient (Wildman–Crippen LogP) is 0.881. The second-order valence-electron chi connectivity index (χ2n) is 5.30. The van der Waals surface area contributed by atoms with Crippen molar-refractivity contribution in [2.75, 3.05) is 36.7 Å². The molecule has 0 heterocycles. The molecule has 1 aromatic rings. The summed E-state index contributed by atoms with van der Waals surface area (Å²) in [4.78, 5) is 13.9. The Kier molecular flexibility index (Phi) is 5.74. The van der Waals surface area contributed by atoms with E-state index >= 15 is 0 Å². The van der Waals surface area contributed by atoms with Crippen LogP contribution in [0, 0.1) is 6.92 Å². The first-order chi connectivity index (χ1) is 9.61. The van der Waals surface area contributed by atoms with Crippen LogP contribution >= 0.6 is 0 Å². The van der Waals surface area contributed by atoms with Crippen molar-refractivity contribution in [2.24, 2.45) is 0 Å². The maximum atomic E-state index is 12.2. The average Bonchev–Trinajstić information content (AvgIpc) is 2.39. The Balaban J connectivity index is 2.68. The van der Waals surface area contributed by atoms with E-state index in [0.717, 1.165) is 5.56 Å². The number of hydrogen-bond donors (Lipinski definition) is 2. The van der Waals surface area contributed by atoms with Gasteiger partial charge in [0.1, 0.15) is 9.84 Å². The summed E-state index contributed by atoms with van der Waals surface area (Å²) in [6, 6.07) is 4.89. The van der Waals surface area contributed by atoms with Gasteiger partial charge < -0.3 is 11.1 Å². The highest BCUT2D eigenvalue weighted by Crippen LogP contribution is 2.20. The first-order valence-electron chi connectivity index (χ1n) is 6.65. The average molecular weight is 313 g/mol. The minimum absolute atomic E-state index is 0.0262. The van der Waals surface area contributed by atoms with Crippen molar-refractivity contribution in [3.8, 4) is 0 Å². The minimum Gasteiger partial charge on any atom is -0.398 e. The number of nitrogens with zero attached hydrogens (tertiary/aromatic N) is 1. The highest BCUT2D eigenvalue weighted by molar-refractivity contribution is 7.90. The molecule has 1 amide bonds. The van der Waals surface area contributed by atoms with E-state index in [1.807, 2.05) is 6.92 Å². The molecule has 0 radical (unpaired) electrons. The quantitative estimate of drug-likeness (QED) is 0.761. The third-order valence-electron chi connectivity index (χ3n) is 3.49. The third kappa shape index (κ3) is 5.35. The van der Waals surface area contributed by atoms with Crippen molar-refractivity contribution >= 4 is 27.1 Å². The van der Waals surface area contributed by atoms with Crippen LogP contribution in [-0.4, -0.2) is 50.9 Å². The van der Waals surface area contributed by atoms with Crippen molar-refractivity contribution in [1.82, 2.24) is 4.90 Å². The van der Waals surface area contributed by atoms with E-state index in [1.165, 1.54) is 6.26 Å². The number of sulfone groups is 1. The third-order valence-corrected chi connectivity index (χ3v) is 4.41. The zero-order valence-electron chi connectivity index (χ0n) is 12.9. The minimum atomic E-state index is -3.04. The van der Waals surface area contributed by atoms with Crippen LogP contribution < -0.4 is 11.1 Å². The van der Waals surface area contributed by atoms with Gasteiger partial charge in [0.25, 0.3) is 0 Å². The molecule has 0 aliphatic carbocycles. The van der Waals surface area contributed by atoms with E-state index in [1.54, 1.807) is 37.1 Å². The number of hydrogen-bond acceptors (Lipinski definition) is 5. The highest BCUT2D eigenvalue weighted by Gasteiger charge is 2.19. The molecule has 118 valence electrons. The van der Waals surface area contributed by atoms with E-state index in [0.29, 0.717) is 17.9 Å². The lowest BCUT2D eigenvalue weighted by molar-refractivity contribution is -0.120. The summed E-state index contributed by atoms with van der Waals surface area (Å²) in [6.45, 7) is 3.88. The largest absolute Gasteiger partial charge is 0.398 e. The van der Waals surface area contributed by atoms with Gasteiger partial charge in [-0.3, -0.25) is 9.69 Å². The molecular formula is C14H23N3O3S. The zero-order valence-corrected chi connectivity index (χ0v) is 13.7. The number of nitrogen functional groups attached to an aromatic ring is 1. The van der Waals surface area contributed by atoms with Crippen molar-refractivity contribution in [1.29, 1.82) is 0 Å². The number of likely N-dealkylation sites (N-methyl/N-ethyl adjacent to an activating group) is 1. The Hall–Kier alpha value is -1.60. The molecule has 0 bridgehead atoms. The number of nitrogens with one attached hydrogen (secondary N) is 1. The molecule has 3 N–H and O–H groups in total. The van der Waals surface area contributed by atoms with E-state index in [9.17, 15) is 13.2 Å². The first kappa shape index (κ1) is 17.5. The molecule has 1 unspecified atom stereocenters. The molecule has 1 rings (SSSR count). The Morgan fingerprint density at radius 3 is 2.62 bits per heavy atom. The smallest absolute Gasteiger partial charge is 0.241 e. The lowest BCUT2D eigenvalue weighted by Crippen LogP contribution is -2.41. The van der Waals surface area contributed by atoms with Crippen LogP contribution in [0.3, 0.4) is 0 Å². The second kappa shape index (κ2) is 6.91. The van der Waals surface area contributed by atoms with Gasteiger partial charge in [0.15, 0.2) is 0 Å². The monoisotopic (exact) mass is 313 g/mol. The van der Waals surface area contributed by atoms with Crippen LogP contribution in [0.4, 0.5) is 11.4 Å². The predicted molar refractivity (Wildman–Crippen MR) is 86.0 cm³/mol. The van der Waals surface area contributed by atoms with Gasteiger partial charge >= 0.3 is 0 Å². The van der Waals surface area contributed by atoms with Gasteiger partial charge in [0.2, 0.25) is 5.91 Å². The first-order valence-corrected chi connectivity index (χ1v) is 8.72. The van der Waals surface area contributed by atoms with Crippen LogP contribution in [0.25, 0.3) is 0 Å².